The number of benzene rings is 1. The number of rotatable bonds is 9. The van der Waals surface area contributed by atoms with Gasteiger partial charge < -0.3 is 24.8 Å². The standard InChI is InChI=1S/C20H33N3O3/c1-21-19(23-15-20(11-12-24-2)9-5-6-10-20)22-14-16-7-8-17(25-3)13-18(16)26-4/h7-8,13H,5-6,9-12,14-15H2,1-4H3,(H2,21,22,23). The highest BCUT2D eigenvalue weighted by Gasteiger charge is 2.33. The topological polar surface area (TPSA) is 64.1 Å². The number of methoxy groups -OCH3 is 3. The predicted octanol–water partition coefficient (Wildman–Crippen LogP) is 2.97. The first-order chi connectivity index (χ1) is 12.7. The molecule has 1 fully saturated rings. The monoisotopic (exact) mass is 363 g/mol. The van der Waals surface area contributed by atoms with Crippen molar-refractivity contribution in [2.24, 2.45) is 10.4 Å². The summed E-state index contributed by atoms with van der Waals surface area (Å²) in [5.74, 6) is 2.40. The minimum atomic E-state index is 0.325. The van der Waals surface area contributed by atoms with Gasteiger partial charge in [0.1, 0.15) is 11.5 Å². The number of hydrogen-bond donors (Lipinski definition) is 2. The van der Waals surface area contributed by atoms with Crippen LogP contribution in [-0.4, -0.2) is 47.5 Å². The first-order valence-electron chi connectivity index (χ1n) is 9.31. The van der Waals surface area contributed by atoms with Gasteiger partial charge in [0.2, 0.25) is 0 Å². The molecule has 0 unspecified atom stereocenters. The lowest BCUT2D eigenvalue weighted by Gasteiger charge is -2.30. The largest absolute Gasteiger partial charge is 0.497 e. The number of nitrogens with zero attached hydrogens (tertiary/aromatic N) is 1. The average Bonchev–Trinajstić information content (AvgIpc) is 3.15. The van der Waals surface area contributed by atoms with E-state index in [1.807, 2.05) is 18.2 Å². The third-order valence-electron chi connectivity index (χ3n) is 5.30. The van der Waals surface area contributed by atoms with E-state index in [0.717, 1.165) is 42.6 Å². The molecule has 6 heteroatoms. The molecule has 0 radical (unpaired) electrons. The van der Waals surface area contributed by atoms with Crippen molar-refractivity contribution in [1.82, 2.24) is 10.6 Å². The summed E-state index contributed by atoms with van der Waals surface area (Å²) in [5.41, 5.74) is 1.39. The molecule has 1 aromatic rings. The van der Waals surface area contributed by atoms with Gasteiger partial charge in [0, 0.05) is 45.5 Å². The number of guanidine groups is 1. The summed E-state index contributed by atoms with van der Waals surface area (Å²) in [6.07, 6.45) is 6.22. The summed E-state index contributed by atoms with van der Waals surface area (Å²) >= 11 is 0. The van der Waals surface area contributed by atoms with Gasteiger partial charge in [-0.05, 0) is 36.8 Å². The maximum absolute atomic E-state index is 5.46. The molecule has 0 amide bonds. The van der Waals surface area contributed by atoms with Crippen molar-refractivity contribution in [3.05, 3.63) is 23.8 Å². The molecule has 1 aliphatic carbocycles. The number of nitrogens with one attached hydrogen (secondary N) is 2. The molecular weight excluding hydrogens is 330 g/mol. The number of hydrogen-bond acceptors (Lipinski definition) is 4. The molecule has 0 aromatic heterocycles. The Morgan fingerprint density at radius 1 is 1.12 bits per heavy atom. The smallest absolute Gasteiger partial charge is 0.191 e. The number of aliphatic imine (C=N–C) groups is 1. The van der Waals surface area contributed by atoms with Gasteiger partial charge in [0.05, 0.1) is 14.2 Å². The fraction of sp³-hybridized carbons (Fsp3) is 0.650. The molecule has 0 aliphatic heterocycles. The molecular formula is C20H33N3O3. The molecule has 2 rings (SSSR count). The fourth-order valence-electron chi connectivity index (χ4n) is 3.63. The Hall–Kier alpha value is -1.95. The van der Waals surface area contributed by atoms with Crippen LogP contribution < -0.4 is 20.1 Å². The molecule has 1 aromatic carbocycles. The molecule has 6 nitrogen and oxygen atoms in total. The molecule has 0 bridgehead atoms. The van der Waals surface area contributed by atoms with Crippen LogP contribution in [0.1, 0.15) is 37.7 Å². The van der Waals surface area contributed by atoms with Crippen LogP contribution in [0.5, 0.6) is 11.5 Å². The summed E-state index contributed by atoms with van der Waals surface area (Å²) in [6, 6.07) is 5.84. The van der Waals surface area contributed by atoms with Crippen molar-refractivity contribution in [2.45, 2.75) is 38.6 Å². The van der Waals surface area contributed by atoms with Crippen LogP contribution in [-0.2, 0) is 11.3 Å². The van der Waals surface area contributed by atoms with E-state index < -0.39 is 0 Å². The Morgan fingerprint density at radius 2 is 1.88 bits per heavy atom. The van der Waals surface area contributed by atoms with Crippen molar-refractivity contribution in [3.63, 3.8) is 0 Å². The Labute approximate surface area is 157 Å². The minimum Gasteiger partial charge on any atom is -0.497 e. The van der Waals surface area contributed by atoms with Crippen LogP contribution in [0.15, 0.2) is 23.2 Å². The van der Waals surface area contributed by atoms with Gasteiger partial charge in [-0.3, -0.25) is 4.99 Å². The van der Waals surface area contributed by atoms with Crippen molar-refractivity contribution in [3.8, 4) is 11.5 Å². The molecule has 146 valence electrons. The maximum atomic E-state index is 5.46. The Balaban J connectivity index is 1.91. The van der Waals surface area contributed by atoms with Gasteiger partial charge >= 0.3 is 0 Å². The summed E-state index contributed by atoms with van der Waals surface area (Å²) in [5, 5.41) is 6.89. The van der Waals surface area contributed by atoms with Gasteiger partial charge in [-0.2, -0.15) is 0 Å². The summed E-state index contributed by atoms with van der Waals surface area (Å²) < 4.78 is 16.0. The van der Waals surface area contributed by atoms with E-state index in [1.54, 1.807) is 28.4 Å². The molecule has 1 aliphatic rings. The minimum absolute atomic E-state index is 0.325. The highest BCUT2D eigenvalue weighted by molar-refractivity contribution is 5.79. The zero-order valence-electron chi connectivity index (χ0n) is 16.6. The first kappa shape index (κ1) is 20.4. The molecule has 0 saturated heterocycles. The van der Waals surface area contributed by atoms with E-state index in [0.29, 0.717) is 12.0 Å². The van der Waals surface area contributed by atoms with Crippen LogP contribution in [0.25, 0.3) is 0 Å². The molecule has 1 saturated carbocycles. The molecule has 26 heavy (non-hydrogen) atoms. The first-order valence-corrected chi connectivity index (χ1v) is 9.31. The van der Waals surface area contributed by atoms with Crippen LogP contribution in [0.3, 0.4) is 0 Å². The van der Waals surface area contributed by atoms with E-state index in [-0.39, 0.29) is 0 Å². The zero-order chi connectivity index (χ0) is 18.8. The Bertz CT molecular complexity index is 584. The summed E-state index contributed by atoms with van der Waals surface area (Å²) in [4.78, 5) is 4.36. The van der Waals surface area contributed by atoms with Gasteiger partial charge in [-0.25, -0.2) is 0 Å². The normalized spacial score (nSPS) is 16.4. The molecule has 0 atom stereocenters. The quantitative estimate of drug-likeness (QED) is 0.522. The van der Waals surface area contributed by atoms with Crippen LogP contribution in [0, 0.1) is 5.41 Å². The predicted molar refractivity (Wildman–Crippen MR) is 105 cm³/mol. The highest BCUT2D eigenvalue weighted by atomic mass is 16.5. The number of ether oxygens (including phenoxy) is 3. The van der Waals surface area contributed by atoms with Crippen LogP contribution in [0.4, 0.5) is 0 Å². The fourth-order valence-corrected chi connectivity index (χ4v) is 3.63. The SMILES string of the molecule is CN=C(NCc1ccc(OC)cc1OC)NCC1(CCOC)CCCC1. The lowest BCUT2D eigenvalue weighted by molar-refractivity contribution is 0.138. The second-order valence-corrected chi connectivity index (χ2v) is 6.91. The van der Waals surface area contributed by atoms with Gasteiger partial charge in [0.25, 0.3) is 0 Å². The third kappa shape index (κ3) is 5.53. The van der Waals surface area contributed by atoms with Crippen LogP contribution >= 0.6 is 0 Å². The van der Waals surface area contributed by atoms with Crippen LogP contribution in [0.2, 0.25) is 0 Å². The molecule has 0 spiro atoms. The second-order valence-electron chi connectivity index (χ2n) is 6.91. The lowest BCUT2D eigenvalue weighted by atomic mass is 9.83. The highest BCUT2D eigenvalue weighted by Crippen LogP contribution is 2.40. The zero-order valence-corrected chi connectivity index (χ0v) is 16.6. The lowest BCUT2D eigenvalue weighted by Crippen LogP contribution is -2.43. The van der Waals surface area contributed by atoms with Gasteiger partial charge in [0.15, 0.2) is 5.96 Å². The van der Waals surface area contributed by atoms with E-state index >= 15 is 0 Å². The van der Waals surface area contributed by atoms with E-state index in [2.05, 4.69) is 15.6 Å². The van der Waals surface area contributed by atoms with Crippen molar-refractivity contribution in [1.29, 1.82) is 0 Å². The average molecular weight is 364 g/mol. The van der Waals surface area contributed by atoms with Gasteiger partial charge in [-0.1, -0.05) is 12.8 Å². The summed E-state index contributed by atoms with van der Waals surface area (Å²) in [7, 11) is 6.90. The molecule has 2 N–H and O–H groups in total. The Kier molecular flexibility index (Phi) is 8.04. The van der Waals surface area contributed by atoms with Gasteiger partial charge in [-0.15, -0.1) is 0 Å². The van der Waals surface area contributed by atoms with Crippen molar-refractivity contribution >= 4 is 5.96 Å². The van der Waals surface area contributed by atoms with E-state index in [4.69, 9.17) is 14.2 Å². The molecule has 0 heterocycles. The van der Waals surface area contributed by atoms with Crippen molar-refractivity contribution in [2.75, 3.05) is 41.5 Å². The maximum Gasteiger partial charge on any atom is 0.191 e. The summed E-state index contributed by atoms with van der Waals surface area (Å²) in [6.45, 7) is 2.38. The van der Waals surface area contributed by atoms with Crippen molar-refractivity contribution < 1.29 is 14.2 Å². The second kappa shape index (κ2) is 10.3. The van der Waals surface area contributed by atoms with E-state index in [9.17, 15) is 0 Å². The Morgan fingerprint density at radius 3 is 2.50 bits per heavy atom. The third-order valence-corrected chi connectivity index (χ3v) is 5.30. The van der Waals surface area contributed by atoms with E-state index in [1.165, 1.54) is 25.7 Å².